The van der Waals surface area contributed by atoms with Gasteiger partial charge >= 0.3 is 6.18 Å². The van der Waals surface area contributed by atoms with E-state index in [0.717, 1.165) is 38.8 Å². The Morgan fingerprint density at radius 1 is 1.20 bits per heavy atom. The maximum Gasteiger partial charge on any atom is 0.433 e. The van der Waals surface area contributed by atoms with E-state index in [1.54, 1.807) is 6.07 Å². The summed E-state index contributed by atoms with van der Waals surface area (Å²) in [6.07, 6.45) is -4.39. The molecule has 0 saturated carbocycles. The fourth-order valence-electron chi connectivity index (χ4n) is 2.83. The number of hydrogen-bond acceptors (Lipinski definition) is 4. The van der Waals surface area contributed by atoms with Crippen molar-refractivity contribution in [1.82, 2.24) is 14.8 Å². The van der Waals surface area contributed by atoms with Crippen LogP contribution in [0.5, 0.6) is 0 Å². The third-order valence-corrected chi connectivity index (χ3v) is 3.95. The molecule has 110 valence electrons. The highest BCUT2D eigenvalue weighted by Gasteiger charge is 2.33. The summed E-state index contributed by atoms with van der Waals surface area (Å²) in [4.78, 5) is 8.41. The zero-order chi connectivity index (χ0) is 14.2. The molecule has 0 spiro atoms. The topological polar surface area (TPSA) is 31.4 Å². The molecule has 1 aromatic heterocycles. The van der Waals surface area contributed by atoms with E-state index in [-0.39, 0.29) is 5.82 Å². The number of anilines is 1. The van der Waals surface area contributed by atoms with Crippen molar-refractivity contribution in [3.05, 3.63) is 23.9 Å². The van der Waals surface area contributed by atoms with Crippen LogP contribution in [0.4, 0.5) is 19.0 Å². The van der Waals surface area contributed by atoms with Crippen molar-refractivity contribution in [2.24, 2.45) is 0 Å². The Morgan fingerprint density at radius 3 is 2.55 bits per heavy atom. The smallest absolute Gasteiger partial charge is 0.368 e. The minimum atomic E-state index is -4.39. The molecule has 4 rings (SSSR count). The highest BCUT2D eigenvalue weighted by atomic mass is 19.4. The van der Waals surface area contributed by atoms with Crippen LogP contribution in [0.3, 0.4) is 0 Å². The molecule has 4 heterocycles. The van der Waals surface area contributed by atoms with Crippen molar-refractivity contribution in [2.45, 2.75) is 12.2 Å². The molecule has 1 atom stereocenters. The maximum atomic E-state index is 12.6. The van der Waals surface area contributed by atoms with Crippen LogP contribution in [-0.2, 0) is 6.18 Å². The molecule has 0 amide bonds. The van der Waals surface area contributed by atoms with Gasteiger partial charge in [-0.15, -0.1) is 0 Å². The van der Waals surface area contributed by atoms with Gasteiger partial charge in [-0.3, -0.25) is 9.80 Å². The second-order valence-electron chi connectivity index (χ2n) is 5.28. The molecule has 1 N–H and O–H groups in total. The van der Waals surface area contributed by atoms with Crippen LogP contribution in [0.15, 0.2) is 18.2 Å². The van der Waals surface area contributed by atoms with Crippen molar-refractivity contribution in [3.8, 4) is 0 Å². The molecular weight excluding hydrogens is 269 g/mol. The van der Waals surface area contributed by atoms with E-state index in [9.17, 15) is 13.2 Å². The molecule has 20 heavy (non-hydrogen) atoms. The van der Waals surface area contributed by atoms with Gasteiger partial charge in [-0.1, -0.05) is 6.07 Å². The Morgan fingerprint density at radius 2 is 1.95 bits per heavy atom. The number of halogens is 3. The molecule has 3 aliphatic rings. The van der Waals surface area contributed by atoms with E-state index >= 15 is 0 Å². The molecule has 0 aliphatic carbocycles. The average Bonchev–Trinajstić information content (AvgIpc) is 2.46. The number of nitrogens with zero attached hydrogens (tertiary/aromatic N) is 3. The SMILES string of the molecule is FC(F)(F)c1cccc(NCC2CN3CCN2CC3)n1. The lowest BCUT2D eigenvalue weighted by atomic mass is 10.1. The predicted molar refractivity (Wildman–Crippen MR) is 69.5 cm³/mol. The van der Waals surface area contributed by atoms with E-state index in [1.165, 1.54) is 6.07 Å². The van der Waals surface area contributed by atoms with Crippen LogP contribution in [0.1, 0.15) is 5.69 Å². The number of piperazine rings is 3. The third kappa shape index (κ3) is 2.88. The van der Waals surface area contributed by atoms with Gasteiger partial charge in [0.2, 0.25) is 0 Å². The quantitative estimate of drug-likeness (QED) is 0.913. The lowest BCUT2D eigenvalue weighted by molar-refractivity contribution is -0.141. The van der Waals surface area contributed by atoms with Gasteiger partial charge in [0.05, 0.1) is 0 Å². The van der Waals surface area contributed by atoms with Crippen LogP contribution in [-0.4, -0.2) is 60.1 Å². The Hall–Kier alpha value is -1.34. The molecule has 3 saturated heterocycles. The molecule has 3 aliphatic heterocycles. The second kappa shape index (κ2) is 5.21. The number of rotatable bonds is 3. The number of aromatic nitrogens is 1. The van der Waals surface area contributed by atoms with Gasteiger partial charge in [0.1, 0.15) is 11.5 Å². The highest BCUT2D eigenvalue weighted by Crippen LogP contribution is 2.28. The monoisotopic (exact) mass is 286 g/mol. The summed E-state index contributed by atoms with van der Waals surface area (Å²) in [5, 5.41) is 3.03. The van der Waals surface area contributed by atoms with Crippen molar-refractivity contribution >= 4 is 5.82 Å². The molecular formula is C13H17F3N4. The van der Waals surface area contributed by atoms with E-state index in [1.807, 2.05) is 0 Å². The molecule has 1 unspecified atom stereocenters. The second-order valence-corrected chi connectivity index (χ2v) is 5.28. The van der Waals surface area contributed by atoms with Crippen LogP contribution in [0, 0.1) is 0 Å². The maximum absolute atomic E-state index is 12.6. The van der Waals surface area contributed by atoms with Gasteiger partial charge in [0, 0.05) is 45.3 Å². The van der Waals surface area contributed by atoms with Crippen LogP contribution < -0.4 is 5.32 Å². The van der Waals surface area contributed by atoms with Crippen LogP contribution >= 0.6 is 0 Å². The third-order valence-electron chi connectivity index (χ3n) is 3.95. The van der Waals surface area contributed by atoms with E-state index in [0.29, 0.717) is 12.6 Å². The fourth-order valence-corrected chi connectivity index (χ4v) is 2.83. The minimum Gasteiger partial charge on any atom is -0.368 e. The molecule has 2 bridgehead atoms. The number of hydrogen-bond donors (Lipinski definition) is 1. The summed E-state index contributed by atoms with van der Waals surface area (Å²) >= 11 is 0. The first-order valence-corrected chi connectivity index (χ1v) is 6.77. The van der Waals surface area contributed by atoms with Crippen LogP contribution in [0.25, 0.3) is 0 Å². The summed E-state index contributed by atoms with van der Waals surface area (Å²) in [5.74, 6) is 0.289. The van der Waals surface area contributed by atoms with Gasteiger partial charge in [-0.25, -0.2) is 4.98 Å². The lowest BCUT2D eigenvalue weighted by Crippen LogP contribution is -2.62. The standard InChI is InChI=1S/C13H17F3N4/c14-13(15,16)11-2-1-3-12(18-11)17-8-10-9-19-4-6-20(10)7-5-19/h1-3,10H,4-9H2,(H,17,18). The Labute approximate surface area is 115 Å². The molecule has 0 radical (unpaired) electrons. The fraction of sp³-hybridized carbons (Fsp3) is 0.615. The van der Waals surface area contributed by atoms with Crippen molar-refractivity contribution in [3.63, 3.8) is 0 Å². The van der Waals surface area contributed by atoms with E-state index in [2.05, 4.69) is 20.1 Å². The van der Waals surface area contributed by atoms with Gasteiger partial charge in [0.15, 0.2) is 0 Å². The number of alkyl halides is 3. The Balaban J connectivity index is 1.61. The summed E-state index contributed by atoms with van der Waals surface area (Å²) < 4.78 is 37.7. The summed E-state index contributed by atoms with van der Waals surface area (Å²) in [5.41, 5.74) is -0.850. The zero-order valence-electron chi connectivity index (χ0n) is 11.0. The van der Waals surface area contributed by atoms with Crippen molar-refractivity contribution in [1.29, 1.82) is 0 Å². The summed E-state index contributed by atoms with van der Waals surface area (Å²) in [7, 11) is 0. The van der Waals surface area contributed by atoms with Gasteiger partial charge < -0.3 is 5.32 Å². The minimum absolute atomic E-state index is 0.289. The van der Waals surface area contributed by atoms with Gasteiger partial charge in [-0.2, -0.15) is 13.2 Å². The van der Waals surface area contributed by atoms with Crippen molar-refractivity contribution in [2.75, 3.05) is 44.6 Å². The Bertz CT molecular complexity index is 469. The summed E-state index contributed by atoms with van der Waals surface area (Å²) in [6, 6.07) is 4.30. The number of nitrogens with one attached hydrogen (secondary N) is 1. The first-order chi connectivity index (χ1) is 9.52. The predicted octanol–water partition coefficient (Wildman–Crippen LogP) is 1.51. The zero-order valence-corrected chi connectivity index (χ0v) is 11.0. The normalized spacial score (nSPS) is 29.4. The van der Waals surface area contributed by atoms with Crippen molar-refractivity contribution < 1.29 is 13.2 Å². The average molecular weight is 286 g/mol. The van der Waals surface area contributed by atoms with E-state index in [4.69, 9.17) is 0 Å². The summed E-state index contributed by atoms with van der Waals surface area (Å²) in [6.45, 7) is 5.89. The first kappa shape index (κ1) is 13.6. The molecule has 4 nitrogen and oxygen atoms in total. The number of pyridine rings is 1. The molecule has 7 heteroatoms. The van der Waals surface area contributed by atoms with Gasteiger partial charge in [0.25, 0.3) is 0 Å². The van der Waals surface area contributed by atoms with E-state index < -0.39 is 11.9 Å². The lowest BCUT2D eigenvalue weighted by Gasteiger charge is -2.47. The molecule has 1 aromatic rings. The molecule has 3 fully saturated rings. The number of fused-ring (bicyclic) bond motifs is 3. The highest BCUT2D eigenvalue weighted by molar-refractivity contribution is 5.36. The Kier molecular flexibility index (Phi) is 3.55. The van der Waals surface area contributed by atoms with Crippen LogP contribution in [0.2, 0.25) is 0 Å². The largest absolute Gasteiger partial charge is 0.433 e. The van der Waals surface area contributed by atoms with Gasteiger partial charge in [-0.05, 0) is 12.1 Å². The first-order valence-electron chi connectivity index (χ1n) is 6.77. The molecule has 0 aromatic carbocycles.